The molecule has 4 aromatic rings. The number of carbonyl (C=O) groups is 2. The number of rotatable bonds is 8. The van der Waals surface area contributed by atoms with Gasteiger partial charge in [0.25, 0.3) is 17.4 Å². The van der Waals surface area contributed by atoms with Crippen molar-refractivity contribution >= 4 is 28.4 Å². The molecule has 2 aromatic heterocycles. The van der Waals surface area contributed by atoms with Crippen LogP contribution < -0.4 is 5.56 Å². The number of nitrogens with zero attached hydrogens (tertiary/aromatic N) is 4. The molecule has 0 spiro atoms. The number of methoxy groups -OCH3 is 1. The van der Waals surface area contributed by atoms with E-state index in [2.05, 4.69) is 4.98 Å². The smallest absolute Gasteiger partial charge is 0.265 e. The van der Waals surface area contributed by atoms with E-state index in [9.17, 15) is 14.4 Å². The quantitative estimate of drug-likeness (QED) is 0.260. The summed E-state index contributed by atoms with van der Waals surface area (Å²) < 4.78 is 6.65. The van der Waals surface area contributed by atoms with E-state index in [4.69, 9.17) is 9.72 Å². The second kappa shape index (κ2) is 10.7. The lowest BCUT2D eigenvalue weighted by Crippen LogP contribution is -2.34. The molecule has 0 radical (unpaired) electrons. The van der Waals surface area contributed by atoms with Crippen LogP contribution in [0, 0.1) is 0 Å². The van der Waals surface area contributed by atoms with Gasteiger partial charge in [-0.1, -0.05) is 36.4 Å². The number of hydrogen-bond donors (Lipinski definition) is 0. The van der Waals surface area contributed by atoms with Crippen molar-refractivity contribution in [3.8, 4) is 11.1 Å². The third-order valence-electron chi connectivity index (χ3n) is 6.50. The van der Waals surface area contributed by atoms with E-state index in [-0.39, 0.29) is 30.3 Å². The van der Waals surface area contributed by atoms with E-state index in [1.807, 2.05) is 43.3 Å². The number of imide groups is 1. The highest BCUT2D eigenvalue weighted by atomic mass is 16.5. The standard InChI is InChI=1S/C30H26N4O4/c1-3-21(8-7-19-38-2)34-26(32-25-12-5-4-9-23(25)29(34)36)15-18-33-28(35)24-11-6-10-22(27(24)30(33)37)20-13-16-31-17-14-20/h3-14,16-17H,15,18-19H2,1-2H3/b8-7-,21-3+. The zero-order valence-electron chi connectivity index (χ0n) is 21.1. The third kappa shape index (κ3) is 4.46. The number of ether oxygens (including phenoxy) is 1. The lowest BCUT2D eigenvalue weighted by molar-refractivity contribution is 0.0655. The van der Waals surface area contributed by atoms with Crippen LogP contribution in [0.15, 0.2) is 90.0 Å². The van der Waals surface area contributed by atoms with Gasteiger partial charge in [-0.25, -0.2) is 4.98 Å². The summed E-state index contributed by atoms with van der Waals surface area (Å²) in [5, 5.41) is 0.485. The molecule has 0 unspecified atom stereocenters. The Labute approximate surface area is 219 Å². The Balaban J connectivity index is 1.52. The van der Waals surface area contributed by atoms with E-state index < -0.39 is 0 Å². The summed E-state index contributed by atoms with van der Waals surface area (Å²) in [6.45, 7) is 2.30. The van der Waals surface area contributed by atoms with Gasteiger partial charge in [0.15, 0.2) is 0 Å². The van der Waals surface area contributed by atoms with Gasteiger partial charge in [0.05, 0.1) is 28.6 Å². The molecule has 0 saturated carbocycles. The summed E-state index contributed by atoms with van der Waals surface area (Å²) in [6.07, 6.45) is 8.93. The van der Waals surface area contributed by atoms with Crippen molar-refractivity contribution in [2.75, 3.05) is 20.3 Å². The van der Waals surface area contributed by atoms with Crippen molar-refractivity contribution in [3.63, 3.8) is 0 Å². The molecule has 1 aliphatic rings. The van der Waals surface area contributed by atoms with E-state index in [0.717, 1.165) is 5.56 Å². The van der Waals surface area contributed by atoms with E-state index >= 15 is 0 Å². The number of pyridine rings is 1. The SMILES string of the molecule is C/C=C(\C=C/COC)n1c(CCN2C(=O)c3cccc(-c4ccncc4)c3C2=O)nc2ccccc2c1=O. The fourth-order valence-corrected chi connectivity index (χ4v) is 4.70. The number of aromatic nitrogens is 3. The molecule has 8 heteroatoms. The number of hydrogen-bond acceptors (Lipinski definition) is 6. The van der Waals surface area contributed by atoms with Crippen molar-refractivity contribution < 1.29 is 14.3 Å². The van der Waals surface area contributed by atoms with Crippen molar-refractivity contribution in [2.24, 2.45) is 0 Å². The topological polar surface area (TPSA) is 94.4 Å². The minimum Gasteiger partial charge on any atom is -0.381 e. The van der Waals surface area contributed by atoms with Gasteiger partial charge < -0.3 is 4.74 Å². The second-order valence-electron chi connectivity index (χ2n) is 8.73. The number of benzene rings is 2. The molecular weight excluding hydrogens is 480 g/mol. The lowest BCUT2D eigenvalue weighted by atomic mass is 9.97. The Morgan fingerprint density at radius 2 is 1.71 bits per heavy atom. The second-order valence-corrected chi connectivity index (χ2v) is 8.73. The van der Waals surface area contributed by atoms with Gasteiger partial charge in [-0.15, -0.1) is 0 Å². The molecule has 0 atom stereocenters. The molecule has 0 fully saturated rings. The molecule has 3 heterocycles. The van der Waals surface area contributed by atoms with Crippen LogP contribution in [0.5, 0.6) is 0 Å². The van der Waals surface area contributed by atoms with Crippen LogP contribution >= 0.6 is 0 Å². The van der Waals surface area contributed by atoms with Gasteiger partial charge in [-0.05, 0) is 54.5 Å². The lowest BCUT2D eigenvalue weighted by Gasteiger charge is -2.18. The number of fused-ring (bicyclic) bond motifs is 2. The van der Waals surface area contributed by atoms with Crippen molar-refractivity contribution in [2.45, 2.75) is 13.3 Å². The monoisotopic (exact) mass is 506 g/mol. The minimum atomic E-state index is -0.363. The highest BCUT2D eigenvalue weighted by Gasteiger charge is 2.37. The van der Waals surface area contributed by atoms with Crippen LogP contribution in [0.1, 0.15) is 33.5 Å². The molecule has 8 nitrogen and oxygen atoms in total. The molecule has 2 aromatic carbocycles. The molecule has 2 amide bonds. The molecule has 0 bridgehead atoms. The number of para-hydroxylation sites is 1. The van der Waals surface area contributed by atoms with Crippen LogP contribution in [-0.4, -0.2) is 51.5 Å². The summed E-state index contributed by atoms with van der Waals surface area (Å²) in [5.41, 5.74) is 3.21. The molecular formula is C30H26N4O4. The third-order valence-corrected chi connectivity index (χ3v) is 6.50. The first kappa shape index (κ1) is 25.0. The maximum Gasteiger partial charge on any atom is 0.265 e. The van der Waals surface area contributed by atoms with Crippen molar-refractivity contribution in [1.29, 1.82) is 0 Å². The summed E-state index contributed by atoms with van der Waals surface area (Å²) >= 11 is 0. The number of allylic oxidation sites excluding steroid dienone is 3. The highest BCUT2D eigenvalue weighted by Crippen LogP contribution is 2.32. The fraction of sp³-hybridized carbons (Fsp3) is 0.167. The summed E-state index contributed by atoms with van der Waals surface area (Å²) in [7, 11) is 1.59. The number of amides is 2. The predicted molar refractivity (Wildman–Crippen MR) is 146 cm³/mol. The molecule has 1 aliphatic heterocycles. The van der Waals surface area contributed by atoms with Gasteiger partial charge >= 0.3 is 0 Å². The normalized spacial score (nSPS) is 13.6. The van der Waals surface area contributed by atoms with Gasteiger partial charge in [0, 0.05) is 38.2 Å². The first-order chi connectivity index (χ1) is 18.5. The highest BCUT2D eigenvalue weighted by molar-refractivity contribution is 6.24. The Morgan fingerprint density at radius 1 is 0.947 bits per heavy atom. The number of carbonyl (C=O) groups excluding carboxylic acids is 2. The molecule has 190 valence electrons. The Bertz CT molecular complexity index is 1650. The molecule has 0 aliphatic carbocycles. The Kier molecular flexibility index (Phi) is 7.06. The maximum absolute atomic E-state index is 13.6. The first-order valence-electron chi connectivity index (χ1n) is 12.3. The van der Waals surface area contributed by atoms with Gasteiger partial charge in [-0.3, -0.25) is 28.8 Å². The average molecular weight is 507 g/mol. The first-order valence-corrected chi connectivity index (χ1v) is 12.3. The molecule has 0 N–H and O–H groups in total. The van der Waals surface area contributed by atoms with Crippen LogP contribution in [0.2, 0.25) is 0 Å². The zero-order valence-corrected chi connectivity index (χ0v) is 21.1. The summed E-state index contributed by atoms with van der Waals surface area (Å²) in [4.78, 5) is 50.4. The Morgan fingerprint density at radius 3 is 2.47 bits per heavy atom. The van der Waals surface area contributed by atoms with Crippen LogP contribution in [0.4, 0.5) is 0 Å². The molecule has 0 saturated heterocycles. The van der Waals surface area contributed by atoms with Crippen LogP contribution in [-0.2, 0) is 11.2 Å². The van der Waals surface area contributed by atoms with E-state index in [1.54, 1.807) is 55.9 Å². The average Bonchev–Trinajstić information content (AvgIpc) is 3.20. The Hall–Kier alpha value is -4.69. The molecule has 5 rings (SSSR count). The molecule has 38 heavy (non-hydrogen) atoms. The fourth-order valence-electron chi connectivity index (χ4n) is 4.70. The van der Waals surface area contributed by atoms with Crippen LogP contribution in [0.3, 0.4) is 0 Å². The maximum atomic E-state index is 13.6. The van der Waals surface area contributed by atoms with E-state index in [1.165, 1.54) is 9.47 Å². The van der Waals surface area contributed by atoms with Crippen LogP contribution in [0.25, 0.3) is 27.7 Å². The van der Waals surface area contributed by atoms with Gasteiger partial charge in [0.1, 0.15) is 5.82 Å². The predicted octanol–water partition coefficient (Wildman–Crippen LogP) is 4.36. The minimum absolute atomic E-state index is 0.0751. The van der Waals surface area contributed by atoms with Crippen molar-refractivity contribution in [1.82, 2.24) is 19.4 Å². The zero-order chi connectivity index (χ0) is 26.6. The van der Waals surface area contributed by atoms with Gasteiger partial charge in [0.2, 0.25) is 0 Å². The van der Waals surface area contributed by atoms with Gasteiger partial charge in [-0.2, -0.15) is 0 Å². The van der Waals surface area contributed by atoms with Crippen molar-refractivity contribution in [3.05, 3.63) is 113 Å². The summed E-state index contributed by atoms with van der Waals surface area (Å²) in [5.74, 6) is -0.269. The van der Waals surface area contributed by atoms with E-state index in [0.29, 0.717) is 45.7 Å². The summed E-state index contributed by atoms with van der Waals surface area (Å²) in [6, 6.07) is 16.0. The largest absolute Gasteiger partial charge is 0.381 e.